The molecule has 0 spiro atoms. The van der Waals surface area contributed by atoms with Crippen molar-refractivity contribution in [1.82, 2.24) is 5.32 Å². The number of ether oxygens (including phenoxy) is 1. The quantitative estimate of drug-likeness (QED) is 0.628. The van der Waals surface area contributed by atoms with E-state index in [1.54, 1.807) is 0 Å². The number of hydrogen-bond donors (Lipinski definition) is 1. The third kappa shape index (κ3) is 2.93. The molecule has 2 aliphatic carbocycles. The van der Waals surface area contributed by atoms with Crippen LogP contribution < -0.4 is 5.32 Å². The number of carbonyl (C=O) groups excluding carboxylic acids is 2. The Balaban J connectivity index is 1.90. The van der Waals surface area contributed by atoms with Crippen LogP contribution in [0.4, 0.5) is 0 Å². The molecule has 2 fully saturated rings. The highest BCUT2D eigenvalue weighted by Crippen LogP contribution is 2.47. The van der Waals surface area contributed by atoms with Gasteiger partial charge in [0.2, 0.25) is 5.91 Å². The largest absolute Gasteiger partial charge is 0.468 e. The van der Waals surface area contributed by atoms with Crippen molar-refractivity contribution in [3.8, 4) is 0 Å². The van der Waals surface area contributed by atoms with Gasteiger partial charge in [-0.25, -0.2) is 0 Å². The Morgan fingerprint density at radius 2 is 2.00 bits per heavy atom. The van der Waals surface area contributed by atoms with E-state index >= 15 is 0 Å². The van der Waals surface area contributed by atoms with Crippen LogP contribution in [0.25, 0.3) is 0 Å². The van der Waals surface area contributed by atoms with E-state index in [-0.39, 0.29) is 17.9 Å². The highest BCUT2D eigenvalue weighted by Gasteiger charge is 2.58. The van der Waals surface area contributed by atoms with Crippen molar-refractivity contribution in [2.24, 2.45) is 17.3 Å². The van der Waals surface area contributed by atoms with E-state index in [4.69, 9.17) is 4.74 Å². The number of rotatable bonds is 4. The molecule has 0 aromatic rings. The normalized spacial score (nSPS) is 30.3. The van der Waals surface area contributed by atoms with E-state index in [9.17, 15) is 9.59 Å². The molecule has 2 saturated carbocycles. The maximum Gasteiger partial charge on any atom is 0.321 e. The summed E-state index contributed by atoms with van der Waals surface area (Å²) >= 11 is 0. The zero-order valence-corrected chi connectivity index (χ0v) is 12.2. The van der Waals surface area contributed by atoms with Crippen molar-refractivity contribution in [2.75, 3.05) is 7.11 Å². The molecule has 1 amide bonds. The first-order chi connectivity index (χ1) is 8.99. The van der Waals surface area contributed by atoms with Crippen LogP contribution >= 0.6 is 0 Å². The van der Waals surface area contributed by atoms with Crippen LogP contribution in [0.2, 0.25) is 0 Å². The molecule has 0 aromatic carbocycles. The predicted molar refractivity (Wildman–Crippen MR) is 72.4 cm³/mol. The molecule has 1 N–H and O–H groups in total. The lowest BCUT2D eigenvalue weighted by molar-refractivity contribution is -0.152. The van der Waals surface area contributed by atoms with Gasteiger partial charge in [-0.15, -0.1) is 0 Å². The lowest BCUT2D eigenvalue weighted by Gasteiger charge is -2.32. The van der Waals surface area contributed by atoms with Gasteiger partial charge in [-0.1, -0.05) is 19.8 Å². The van der Waals surface area contributed by atoms with Crippen LogP contribution in [0.15, 0.2) is 0 Å². The van der Waals surface area contributed by atoms with Gasteiger partial charge in [0.1, 0.15) is 5.41 Å². The number of methoxy groups -OCH3 is 1. The second-order valence-corrected chi connectivity index (χ2v) is 6.37. The molecule has 4 nitrogen and oxygen atoms in total. The van der Waals surface area contributed by atoms with Gasteiger partial charge < -0.3 is 10.1 Å². The monoisotopic (exact) mass is 267 g/mol. The molecular weight excluding hydrogens is 242 g/mol. The average Bonchev–Trinajstić information content (AvgIpc) is 3.19. The summed E-state index contributed by atoms with van der Waals surface area (Å²) < 4.78 is 4.74. The van der Waals surface area contributed by atoms with Crippen LogP contribution in [-0.4, -0.2) is 25.0 Å². The molecule has 0 aromatic heterocycles. The van der Waals surface area contributed by atoms with Crippen LogP contribution in [0, 0.1) is 17.3 Å². The van der Waals surface area contributed by atoms with E-state index in [1.165, 1.54) is 32.8 Å². The van der Waals surface area contributed by atoms with E-state index in [0.717, 1.165) is 5.92 Å². The van der Waals surface area contributed by atoms with Gasteiger partial charge in [-0.2, -0.15) is 0 Å². The third-order valence-corrected chi connectivity index (χ3v) is 4.80. The van der Waals surface area contributed by atoms with Crippen LogP contribution in [0.3, 0.4) is 0 Å². The first-order valence-corrected chi connectivity index (χ1v) is 7.39. The minimum Gasteiger partial charge on any atom is -0.468 e. The Bertz CT molecular complexity index is 362. The van der Waals surface area contributed by atoms with Gasteiger partial charge in [0, 0.05) is 6.04 Å². The van der Waals surface area contributed by atoms with Gasteiger partial charge in [-0.3, -0.25) is 9.59 Å². The van der Waals surface area contributed by atoms with Crippen molar-refractivity contribution in [3.63, 3.8) is 0 Å². The Kier molecular flexibility index (Phi) is 4.16. The average molecular weight is 267 g/mol. The molecule has 19 heavy (non-hydrogen) atoms. The van der Waals surface area contributed by atoms with Crippen molar-refractivity contribution >= 4 is 11.9 Å². The molecule has 0 heterocycles. The van der Waals surface area contributed by atoms with Gasteiger partial charge in [0.15, 0.2) is 0 Å². The van der Waals surface area contributed by atoms with Crippen LogP contribution in [0.5, 0.6) is 0 Å². The minimum absolute atomic E-state index is 0.134. The number of esters is 1. The van der Waals surface area contributed by atoms with Crippen LogP contribution in [-0.2, 0) is 14.3 Å². The maximum atomic E-state index is 12.3. The molecule has 2 aliphatic rings. The van der Waals surface area contributed by atoms with Gasteiger partial charge in [0.05, 0.1) is 7.11 Å². The first-order valence-electron chi connectivity index (χ1n) is 7.39. The smallest absolute Gasteiger partial charge is 0.321 e. The third-order valence-electron chi connectivity index (χ3n) is 4.80. The highest BCUT2D eigenvalue weighted by atomic mass is 16.5. The molecular formula is C15H25NO3. The fourth-order valence-electron chi connectivity index (χ4n) is 3.24. The second kappa shape index (κ2) is 5.51. The lowest BCUT2D eigenvalue weighted by Crippen LogP contribution is -2.45. The lowest BCUT2D eigenvalue weighted by atomic mass is 9.79. The molecule has 3 atom stereocenters. The minimum atomic E-state index is -0.872. The zero-order valence-electron chi connectivity index (χ0n) is 12.2. The van der Waals surface area contributed by atoms with E-state index < -0.39 is 5.41 Å². The number of nitrogens with one attached hydrogen (secondary N) is 1. The topological polar surface area (TPSA) is 55.4 Å². The summed E-state index contributed by atoms with van der Waals surface area (Å²) in [6.07, 6.45) is 6.14. The summed E-state index contributed by atoms with van der Waals surface area (Å²) in [5.41, 5.74) is -0.872. The molecule has 4 heteroatoms. The van der Waals surface area contributed by atoms with Crippen molar-refractivity contribution in [3.05, 3.63) is 0 Å². The molecule has 108 valence electrons. The highest BCUT2D eigenvalue weighted by molar-refractivity contribution is 6.05. The number of hydrogen-bond acceptors (Lipinski definition) is 3. The summed E-state index contributed by atoms with van der Waals surface area (Å²) in [6, 6.07) is 0.150. The van der Waals surface area contributed by atoms with Gasteiger partial charge in [0.25, 0.3) is 0 Å². The fourth-order valence-corrected chi connectivity index (χ4v) is 3.24. The predicted octanol–water partition coefficient (Wildman–Crippen LogP) is 2.27. The Morgan fingerprint density at radius 1 is 1.32 bits per heavy atom. The van der Waals surface area contributed by atoms with Gasteiger partial charge >= 0.3 is 5.97 Å². The van der Waals surface area contributed by atoms with E-state index in [0.29, 0.717) is 18.8 Å². The number of carbonyl (C=O) groups is 2. The Morgan fingerprint density at radius 3 is 2.53 bits per heavy atom. The number of amides is 1. The SMILES string of the molecule is COC(=O)C1(C(=O)NC(C)C2CCCC(C)C2)CC1. The molecule has 0 saturated heterocycles. The summed E-state index contributed by atoms with van der Waals surface area (Å²) in [5.74, 6) is 0.772. The summed E-state index contributed by atoms with van der Waals surface area (Å²) in [6.45, 7) is 4.34. The summed E-state index contributed by atoms with van der Waals surface area (Å²) in [4.78, 5) is 23.9. The molecule has 0 aliphatic heterocycles. The molecule has 3 unspecified atom stereocenters. The Hall–Kier alpha value is -1.06. The Labute approximate surface area is 115 Å². The molecule has 0 radical (unpaired) electrons. The van der Waals surface area contributed by atoms with Crippen molar-refractivity contribution < 1.29 is 14.3 Å². The maximum absolute atomic E-state index is 12.3. The second-order valence-electron chi connectivity index (χ2n) is 6.37. The fraction of sp³-hybridized carbons (Fsp3) is 0.867. The van der Waals surface area contributed by atoms with Crippen molar-refractivity contribution in [1.29, 1.82) is 0 Å². The van der Waals surface area contributed by atoms with Crippen LogP contribution in [0.1, 0.15) is 52.4 Å². The standard InChI is InChI=1S/C15H25NO3/c1-10-5-4-6-12(9-10)11(2)16-13(17)15(7-8-15)14(18)19-3/h10-12H,4-9H2,1-3H3,(H,16,17). The summed E-state index contributed by atoms with van der Waals surface area (Å²) in [5, 5.41) is 3.05. The van der Waals surface area contributed by atoms with E-state index in [2.05, 4.69) is 19.2 Å². The van der Waals surface area contributed by atoms with Crippen molar-refractivity contribution in [2.45, 2.75) is 58.4 Å². The summed E-state index contributed by atoms with van der Waals surface area (Å²) in [7, 11) is 1.35. The first kappa shape index (κ1) is 14.4. The van der Waals surface area contributed by atoms with Gasteiger partial charge in [-0.05, 0) is 44.4 Å². The zero-order chi connectivity index (χ0) is 14.0. The molecule has 2 rings (SSSR count). The van der Waals surface area contributed by atoms with E-state index in [1.807, 2.05) is 0 Å². The molecule has 0 bridgehead atoms.